The molecule has 0 radical (unpaired) electrons. The molecule has 1 aromatic carbocycles. The zero-order valence-electron chi connectivity index (χ0n) is 10.7. The molecule has 3 nitrogen and oxygen atoms in total. The minimum atomic E-state index is 0.866. The molecule has 2 aromatic rings. The molecule has 1 aliphatic heterocycles. The van der Waals surface area contributed by atoms with Gasteiger partial charge < -0.3 is 9.64 Å². The number of rotatable bonds is 2. The molecule has 0 unspecified atom stereocenters. The van der Waals surface area contributed by atoms with E-state index in [0.717, 1.165) is 35.6 Å². The van der Waals surface area contributed by atoms with E-state index < -0.39 is 0 Å². The second kappa shape index (κ2) is 4.84. The molecule has 1 aromatic heterocycles. The zero-order valence-corrected chi connectivity index (χ0v) is 10.7. The highest BCUT2D eigenvalue weighted by Crippen LogP contribution is 2.24. The van der Waals surface area contributed by atoms with Gasteiger partial charge in [0.1, 0.15) is 11.6 Å². The van der Waals surface area contributed by atoms with Crippen LogP contribution in [0, 0.1) is 0 Å². The summed E-state index contributed by atoms with van der Waals surface area (Å²) in [6, 6.07) is 10.3. The van der Waals surface area contributed by atoms with Gasteiger partial charge in [-0.15, -0.1) is 0 Å². The molecule has 0 amide bonds. The maximum Gasteiger partial charge on any atom is 0.129 e. The van der Waals surface area contributed by atoms with Gasteiger partial charge in [-0.25, -0.2) is 4.98 Å². The number of ether oxygens (including phenoxy) is 1. The maximum absolute atomic E-state index is 5.25. The third-order valence-electron chi connectivity index (χ3n) is 3.56. The predicted octanol–water partition coefficient (Wildman–Crippen LogP) is 3.23. The summed E-state index contributed by atoms with van der Waals surface area (Å²) in [5.41, 5.74) is 1.01. The Hall–Kier alpha value is -1.77. The van der Waals surface area contributed by atoms with Crippen molar-refractivity contribution < 1.29 is 4.74 Å². The third kappa shape index (κ3) is 2.13. The van der Waals surface area contributed by atoms with Gasteiger partial charge in [0.05, 0.1) is 12.6 Å². The van der Waals surface area contributed by atoms with Crippen molar-refractivity contribution in [2.24, 2.45) is 0 Å². The lowest BCUT2D eigenvalue weighted by Crippen LogP contribution is -2.30. The van der Waals surface area contributed by atoms with Gasteiger partial charge in [-0.3, -0.25) is 0 Å². The molecule has 3 heteroatoms. The van der Waals surface area contributed by atoms with E-state index in [0.29, 0.717) is 0 Å². The van der Waals surface area contributed by atoms with Gasteiger partial charge in [-0.1, -0.05) is 0 Å². The lowest BCUT2D eigenvalue weighted by Gasteiger charge is -2.27. The Kier molecular flexibility index (Phi) is 3.05. The number of piperidine rings is 1. The van der Waals surface area contributed by atoms with Crippen LogP contribution in [0.5, 0.6) is 5.75 Å². The molecule has 94 valence electrons. The molecule has 0 N–H and O–H groups in total. The van der Waals surface area contributed by atoms with Crippen LogP contribution in [0.15, 0.2) is 30.3 Å². The fraction of sp³-hybridized carbons (Fsp3) is 0.400. The first-order valence-electron chi connectivity index (χ1n) is 6.56. The number of aromatic nitrogens is 1. The summed E-state index contributed by atoms with van der Waals surface area (Å²) in [5, 5.41) is 1.16. The van der Waals surface area contributed by atoms with E-state index in [1.807, 2.05) is 12.1 Å². The normalized spacial score (nSPS) is 15.9. The fourth-order valence-electron chi connectivity index (χ4n) is 2.51. The average molecular weight is 242 g/mol. The first kappa shape index (κ1) is 11.3. The highest BCUT2D eigenvalue weighted by molar-refractivity contribution is 5.81. The van der Waals surface area contributed by atoms with Crippen molar-refractivity contribution in [3.05, 3.63) is 30.3 Å². The van der Waals surface area contributed by atoms with Gasteiger partial charge in [0.25, 0.3) is 0 Å². The van der Waals surface area contributed by atoms with E-state index in [-0.39, 0.29) is 0 Å². The number of benzene rings is 1. The van der Waals surface area contributed by atoms with Gasteiger partial charge in [-0.2, -0.15) is 0 Å². The monoisotopic (exact) mass is 242 g/mol. The van der Waals surface area contributed by atoms with E-state index in [2.05, 4.69) is 23.1 Å². The molecule has 0 atom stereocenters. The minimum absolute atomic E-state index is 0.866. The quantitative estimate of drug-likeness (QED) is 0.808. The molecule has 0 saturated carbocycles. The van der Waals surface area contributed by atoms with E-state index >= 15 is 0 Å². The molecule has 1 aliphatic rings. The number of methoxy groups -OCH3 is 1. The maximum atomic E-state index is 5.25. The Morgan fingerprint density at radius 3 is 2.61 bits per heavy atom. The van der Waals surface area contributed by atoms with Gasteiger partial charge >= 0.3 is 0 Å². The van der Waals surface area contributed by atoms with Gasteiger partial charge in [-0.05, 0) is 43.5 Å². The van der Waals surface area contributed by atoms with E-state index in [9.17, 15) is 0 Å². The summed E-state index contributed by atoms with van der Waals surface area (Å²) in [4.78, 5) is 7.13. The van der Waals surface area contributed by atoms with Crippen LogP contribution >= 0.6 is 0 Å². The van der Waals surface area contributed by atoms with E-state index in [1.54, 1.807) is 7.11 Å². The van der Waals surface area contributed by atoms with Crippen molar-refractivity contribution in [2.45, 2.75) is 19.3 Å². The second-order valence-corrected chi connectivity index (χ2v) is 4.78. The van der Waals surface area contributed by atoms with Crippen molar-refractivity contribution in [3.63, 3.8) is 0 Å². The molecule has 1 fully saturated rings. The van der Waals surface area contributed by atoms with Crippen LogP contribution in [0.1, 0.15) is 19.3 Å². The summed E-state index contributed by atoms with van der Waals surface area (Å²) < 4.78 is 5.25. The van der Waals surface area contributed by atoms with Crippen LogP contribution in [0.4, 0.5) is 5.82 Å². The summed E-state index contributed by atoms with van der Waals surface area (Å²) in [6.45, 7) is 2.25. The zero-order chi connectivity index (χ0) is 12.4. The third-order valence-corrected chi connectivity index (χ3v) is 3.56. The lowest BCUT2D eigenvalue weighted by atomic mass is 10.1. The average Bonchev–Trinajstić information content (AvgIpc) is 2.47. The summed E-state index contributed by atoms with van der Waals surface area (Å²) in [5.74, 6) is 1.96. The topological polar surface area (TPSA) is 25.4 Å². The van der Waals surface area contributed by atoms with Gasteiger partial charge in [0.15, 0.2) is 0 Å². The molecular weight excluding hydrogens is 224 g/mol. The van der Waals surface area contributed by atoms with Gasteiger partial charge in [0, 0.05) is 24.5 Å². The summed E-state index contributed by atoms with van der Waals surface area (Å²) in [6.07, 6.45) is 3.90. The first-order chi connectivity index (χ1) is 8.86. The highest BCUT2D eigenvalue weighted by Gasteiger charge is 2.12. The number of anilines is 1. The van der Waals surface area contributed by atoms with Crippen molar-refractivity contribution in [1.29, 1.82) is 0 Å². The van der Waals surface area contributed by atoms with Crippen molar-refractivity contribution in [2.75, 3.05) is 25.1 Å². The standard InChI is InChI=1S/C15H18N2O/c1-18-13-7-5-12-6-8-15(16-14(12)11-13)17-9-3-2-4-10-17/h5-8,11H,2-4,9-10H2,1H3. The lowest BCUT2D eigenvalue weighted by molar-refractivity contribution is 0.415. The Morgan fingerprint density at radius 1 is 1.06 bits per heavy atom. The first-order valence-corrected chi connectivity index (χ1v) is 6.56. The second-order valence-electron chi connectivity index (χ2n) is 4.78. The number of pyridine rings is 1. The van der Waals surface area contributed by atoms with Crippen molar-refractivity contribution in [3.8, 4) is 5.75 Å². The van der Waals surface area contributed by atoms with Crippen LogP contribution in [-0.2, 0) is 0 Å². The SMILES string of the molecule is COc1ccc2ccc(N3CCCCC3)nc2c1. The Balaban J connectivity index is 1.97. The largest absolute Gasteiger partial charge is 0.497 e. The number of nitrogens with zero attached hydrogens (tertiary/aromatic N) is 2. The fourth-order valence-corrected chi connectivity index (χ4v) is 2.51. The van der Waals surface area contributed by atoms with Crippen LogP contribution < -0.4 is 9.64 Å². The molecule has 0 bridgehead atoms. The van der Waals surface area contributed by atoms with Crippen molar-refractivity contribution >= 4 is 16.7 Å². The molecule has 18 heavy (non-hydrogen) atoms. The highest BCUT2D eigenvalue weighted by atomic mass is 16.5. The van der Waals surface area contributed by atoms with Crippen LogP contribution in [0.3, 0.4) is 0 Å². The van der Waals surface area contributed by atoms with Crippen LogP contribution in [0.25, 0.3) is 10.9 Å². The predicted molar refractivity (Wildman–Crippen MR) is 74.4 cm³/mol. The Bertz CT molecular complexity index is 547. The summed E-state index contributed by atoms with van der Waals surface area (Å²) in [7, 11) is 1.69. The molecule has 0 spiro atoms. The number of hydrogen-bond donors (Lipinski definition) is 0. The Morgan fingerprint density at radius 2 is 1.83 bits per heavy atom. The molecule has 0 aliphatic carbocycles. The smallest absolute Gasteiger partial charge is 0.129 e. The number of hydrogen-bond acceptors (Lipinski definition) is 3. The molecule has 1 saturated heterocycles. The number of fused-ring (bicyclic) bond motifs is 1. The van der Waals surface area contributed by atoms with E-state index in [4.69, 9.17) is 9.72 Å². The molecule has 2 heterocycles. The van der Waals surface area contributed by atoms with Crippen molar-refractivity contribution in [1.82, 2.24) is 4.98 Å². The Labute approximate surface area is 107 Å². The molecule has 3 rings (SSSR count). The summed E-state index contributed by atoms with van der Waals surface area (Å²) >= 11 is 0. The van der Waals surface area contributed by atoms with Gasteiger partial charge in [0.2, 0.25) is 0 Å². The van der Waals surface area contributed by atoms with Crippen LogP contribution in [-0.4, -0.2) is 25.2 Å². The molecular formula is C15H18N2O. The minimum Gasteiger partial charge on any atom is -0.497 e. The van der Waals surface area contributed by atoms with Crippen LogP contribution in [0.2, 0.25) is 0 Å². The van der Waals surface area contributed by atoms with E-state index in [1.165, 1.54) is 19.3 Å².